The zero-order chi connectivity index (χ0) is 29.7. The van der Waals surface area contributed by atoms with Crippen LogP contribution in [0.15, 0.2) is 84.8 Å². The number of aryl methyl sites for hydroxylation is 2. The molecule has 6 aromatic rings. The Morgan fingerprint density at radius 1 is 0.810 bits per heavy atom. The number of hydrogen-bond donors (Lipinski definition) is 1. The van der Waals surface area contributed by atoms with Gasteiger partial charge in [-0.25, -0.2) is 0 Å². The number of carbonyl (C=O) groups excluding carboxylic acids is 1. The van der Waals surface area contributed by atoms with E-state index in [0.29, 0.717) is 0 Å². The molecule has 0 aliphatic carbocycles. The number of hydrogen-bond acceptors (Lipinski definition) is 2. The number of aliphatic hydroxyl groups is 1. The van der Waals surface area contributed by atoms with Crippen LogP contribution in [-0.4, -0.2) is 20.7 Å². The molecule has 0 bridgehead atoms. The van der Waals surface area contributed by atoms with Crippen molar-refractivity contribution in [2.45, 2.75) is 55.4 Å². The number of nitrogens with zero attached hydrogens (tertiary/aromatic N) is 1. The van der Waals surface area contributed by atoms with Crippen LogP contribution in [0.2, 0.25) is 0 Å². The Kier molecular flexibility index (Phi) is 8.65. The van der Waals surface area contributed by atoms with Crippen molar-refractivity contribution in [3.63, 3.8) is 0 Å². The molecule has 6 rings (SSSR count). The standard InChI is InChI=1S/C27H18N.C11H20O2.Ir/c1-16-7-3-8-17(2)24(16)23-15-18-9-4-12-22-25(18)26-19(10-5-11-20(23)26)21-13-6-14-28-27(21)22;1-10(2,3)8(12)7-9(13)11(4,5)6;/h3-11,13-15H,1-2H3;7,12H,1-6H3;/q-1;;/p+1/b;8-7-;. The van der Waals surface area contributed by atoms with Crippen LogP contribution >= 0.6 is 0 Å². The summed E-state index contributed by atoms with van der Waals surface area (Å²) in [4.78, 5) is 14.3. The van der Waals surface area contributed by atoms with Gasteiger partial charge < -0.3 is 10.1 Å². The second-order valence-electron chi connectivity index (χ2n) is 13.1. The summed E-state index contributed by atoms with van der Waals surface area (Å²) in [5, 5.41) is 18.3. The van der Waals surface area contributed by atoms with E-state index < -0.39 is 0 Å². The summed E-state index contributed by atoms with van der Waals surface area (Å²) in [6, 6.07) is 27.5. The third-order valence-corrected chi connectivity index (χ3v) is 7.83. The molecule has 1 aromatic heterocycles. The summed E-state index contributed by atoms with van der Waals surface area (Å²) in [5.41, 5.74) is 5.70. The first-order valence-electron chi connectivity index (χ1n) is 14.2. The van der Waals surface area contributed by atoms with E-state index in [2.05, 4.69) is 74.5 Å². The van der Waals surface area contributed by atoms with Gasteiger partial charge >= 0.3 is 5.78 Å². The first kappa shape index (κ1) is 31.3. The summed E-state index contributed by atoms with van der Waals surface area (Å²) < 4.78 is 0. The maximum atomic E-state index is 9.60. The molecule has 1 radical (unpaired) electrons. The average Bonchev–Trinajstić information content (AvgIpc) is 2.91. The van der Waals surface area contributed by atoms with E-state index >= 15 is 0 Å². The number of benzene rings is 5. The Hall–Kier alpha value is -3.59. The maximum absolute atomic E-state index is 9.60. The Morgan fingerprint density at radius 3 is 2.07 bits per heavy atom. The molecule has 0 saturated carbocycles. The normalized spacial score (nSPS) is 12.4. The molecule has 2 N–H and O–H groups in total. The molecule has 0 unspecified atom stereocenters. The predicted molar refractivity (Wildman–Crippen MR) is 176 cm³/mol. The molecule has 5 aromatic carbocycles. The number of aliphatic hydroxyl groups excluding tert-OH is 1. The third-order valence-electron chi connectivity index (χ3n) is 7.83. The predicted octanol–water partition coefficient (Wildman–Crippen LogP) is 10.3. The van der Waals surface area contributed by atoms with Gasteiger partial charge in [0.15, 0.2) is 0 Å². The second-order valence-corrected chi connectivity index (χ2v) is 13.1. The van der Waals surface area contributed by atoms with Gasteiger partial charge in [-0.2, -0.15) is 0 Å². The van der Waals surface area contributed by atoms with Gasteiger partial charge in [-0.3, -0.25) is 4.79 Å². The van der Waals surface area contributed by atoms with E-state index in [9.17, 15) is 9.90 Å². The monoisotopic (exact) mass is 734 g/mol. The van der Waals surface area contributed by atoms with Gasteiger partial charge in [0.25, 0.3) is 0 Å². The Labute approximate surface area is 262 Å². The quantitative estimate of drug-likeness (QED) is 0.0481. The van der Waals surface area contributed by atoms with E-state index in [1.54, 1.807) is 0 Å². The van der Waals surface area contributed by atoms with Gasteiger partial charge in [-0.15, -0.1) is 23.6 Å². The number of allylic oxidation sites excluding steroid dienone is 2. The van der Waals surface area contributed by atoms with Crippen molar-refractivity contribution in [2.24, 2.45) is 10.8 Å². The van der Waals surface area contributed by atoms with E-state index in [1.807, 2.05) is 59.9 Å². The molecule has 0 fully saturated rings. The zero-order valence-electron chi connectivity index (χ0n) is 25.7. The molecule has 0 saturated heterocycles. The van der Waals surface area contributed by atoms with Crippen molar-refractivity contribution in [3.8, 4) is 11.1 Å². The number of aromatic nitrogens is 1. The van der Waals surface area contributed by atoms with E-state index in [-0.39, 0.29) is 42.5 Å². The SMILES string of the molecule is CC(C)(C)C(=[OH+])/C=C(\O)C(C)(C)C.Cc1cccc(C)c1-c1cc2cc[c-]c3c4ncccc4c4cccc1c4c23.[Ir]. The molecule has 0 aliphatic rings. The van der Waals surface area contributed by atoms with Crippen LogP contribution in [0.3, 0.4) is 0 Å². The molecular formula is C38H39IrNO2. The summed E-state index contributed by atoms with van der Waals surface area (Å²) in [6.45, 7) is 15.8. The summed E-state index contributed by atoms with van der Waals surface area (Å²) in [7, 11) is 0. The number of fused-ring (bicyclic) bond motifs is 3. The largest absolute Gasteiger partial charge is 0.511 e. The van der Waals surface area contributed by atoms with Crippen LogP contribution in [-0.2, 0) is 20.1 Å². The third kappa shape index (κ3) is 5.71. The summed E-state index contributed by atoms with van der Waals surface area (Å²) >= 11 is 0. The smallest absolute Gasteiger partial charge is 0.325 e. The molecular weight excluding hydrogens is 695 g/mol. The molecule has 0 atom stereocenters. The zero-order valence-corrected chi connectivity index (χ0v) is 28.1. The van der Waals surface area contributed by atoms with Crippen LogP contribution in [0.5, 0.6) is 0 Å². The average molecular weight is 734 g/mol. The fraction of sp³-hybridized carbons (Fsp3) is 0.263. The molecule has 0 spiro atoms. The van der Waals surface area contributed by atoms with Gasteiger partial charge in [0, 0.05) is 31.7 Å². The van der Waals surface area contributed by atoms with Crippen LogP contribution < -0.4 is 0 Å². The molecule has 217 valence electrons. The second kappa shape index (κ2) is 11.6. The van der Waals surface area contributed by atoms with E-state index in [1.165, 1.54) is 60.6 Å². The van der Waals surface area contributed by atoms with E-state index in [0.717, 1.165) is 10.9 Å². The minimum absolute atomic E-state index is 0. The number of rotatable bonds is 2. The van der Waals surface area contributed by atoms with Crippen LogP contribution in [0, 0.1) is 30.7 Å². The van der Waals surface area contributed by atoms with Gasteiger partial charge in [0.05, 0.1) is 11.5 Å². The summed E-state index contributed by atoms with van der Waals surface area (Å²) in [6.07, 6.45) is 3.32. The van der Waals surface area contributed by atoms with Crippen LogP contribution in [0.4, 0.5) is 0 Å². The fourth-order valence-corrected chi connectivity index (χ4v) is 5.43. The molecule has 0 aliphatic heterocycles. The Bertz CT molecular complexity index is 1930. The number of pyridine rings is 1. The molecule has 4 heteroatoms. The maximum Gasteiger partial charge on any atom is 0.325 e. The van der Waals surface area contributed by atoms with Gasteiger partial charge in [0.1, 0.15) is 5.76 Å². The number of ketones is 1. The van der Waals surface area contributed by atoms with Crippen molar-refractivity contribution in [1.82, 2.24) is 4.98 Å². The van der Waals surface area contributed by atoms with Crippen molar-refractivity contribution in [2.75, 3.05) is 0 Å². The first-order valence-corrected chi connectivity index (χ1v) is 14.2. The Morgan fingerprint density at radius 2 is 1.43 bits per heavy atom. The van der Waals surface area contributed by atoms with Crippen molar-refractivity contribution >= 4 is 49.0 Å². The minimum atomic E-state index is -0.306. The van der Waals surface area contributed by atoms with Crippen LogP contribution in [0.25, 0.3) is 54.3 Å². The van der Waals surface area contributed by atoms with Crippen LogP contribution in [0.1, 0.15) is 52.7 Å². The van der Waals surface area contributed by atoms with Gasteiger partial charge in [-0.05, 0) is 90.0 Å². The fourth-order valence-electron chi connectivity index (χ4n) is 5.43. The van der Waals surface area contributed by atoms with Gasteiger partial charge in [-0.1, -0.05) is 80.1 Å². The van der Waals surface area contributed by atoms with Crippen molar-refractivity contribution in [1.29, 1.82) is 0 Å². The first-order chi connectivity index (χ1) is 19.3. The molecule has 42 heavy (non-hydrogen) atoms. The summed E-state index contributed by atoms with van der Waals surface area (Å²) in [5.74, 6) is 0.417. The van der Waals surface area contributed by atoms with Gasteiger partial charge in [0.2, 0.25) is 0 Å². The Balaban J connectivity index is 0.000000249. The van der Waals surface area contributed by atoms with E-state index in [4.69, 9.17) is 4.98 Å². The topological polar surface area (TPSA) is 54.5 Å². The molecule has 0 amide bonds. The minimum Gasteiger partial charge on any atom is -0.511 e. The van der Waals surface area contributed by atoms with Crippen molar-refractivity contribution in [3.05, 3.63) is 102 Å². The molecule has 3 nitrogen and oxygen atoms in total. The molecule has 1 heterocycles. The van der Waals surface area contributed by atoms with Crippen molar-refractivity contribution < 1.29 is 30.0 Å².